The van der Waals surface area contributed by atoms with Crippen molar-refractivity contribution in [3.05, 3.63) is 50.4 Å². The molecule has 0 saturated carbocycles. The molecule has 1 aromatic carbocycles. The van der Waals surface area contributed by atoms with Crippen LogP contribution in [-0.4, -0.2) is 12.6 Å². The molecule has 94 valence electrons. The van der Waals surface area contributed by atoms with E-state index in [1.165, 1.54) is 6.08 Å². The molecule has 0 aromatic heterocycles. The van der Waals surface area contributed by atoms with Gasteiger partial charge in [-0.2, -0.15) is 0 Å². The summed E-state index contributed by atoms with van der Waals surface area (Å²) < 4.78 is 4.76. The van der Waals surface area contributed by atoms with Crippen molar-refractivity contribution in [2.24, 2.45) is 0 Å². The summed E-state index contributed by atoms with van der Waals surface area (Å²) in [5.74, 6) is -0.652. The van der Waals surface area contributed by atoms with Crippen molar-refractivity contribution in [1.29, 1.82) is 0 Å². The third kappa shape index (κ3) is 3.49. The van der Waals surface area contributed by atoms with Crippen LogP contribution in [0, 0.1) is 13.5 Å². The average molecular weight is 284 g/mol. The molecule has 0 radical (unpaired) electrons. The first-order chi connectivity index (χ1) is 8.49. The second-order valence-electron chi connectivity index (χ2n) is 3.47. The molecule has 0 fully saturated rings. The summed E-state index contributed by atoms with van der Waals surface area (Å²) in [5, 5.41) is 0.976. The number of hydrogen-bond donors (Lipinski definition) is 0. The summed E-state index contributed by atoms with van der Waals surface area (Å²) >= 11 is 12.0. The van der Waals surface area contributed by atoms with Crippen molar-refractivity contribution >= 4 is 35.2 Å². The molecule has 0 saturated heterocycles. The van der Waals surface area contributed by atoms with Crippen molar-refractivity contribution in [2.45, 2.75) is 13.8 Å². The van der Waals surface area contributed by atoms with Gasteiger partial charge >= 0.3 is 5.97 Å². The molecule has 0 spiro atoms. The SMILES string of the molecule is [C-]#[N+]C(=Cc1cc(Cl)c(C)c(Cl)c1)C(=O)OCC. The third-order valence-electron chi connectivity index (χ3n) is 2.21. The van der Waals surface area contributed by atoms with E-state index in [0.717, 1.165) is 5.56 Å². The fourth-order valence-corrected chi connectivity index (χ4v) is 1.75. The monoisotopic (exact) mass is 283 g/mol. The second kappa shape index (κ2) is 6.44. The van der Waals surface area contributed by atoms with Crippen molar-refractivity contribution in [3.63, 3.8) is 0 Å². The molecule has 5 heteroatoms. The Kier molecular flexibility index (Phi) is 5.21. The molecule has 0 aliphatic rings. The van der Waals surface area contributed by atoms with Gasteiger partial charge in [-0.1, -0.05) is 23.2 Å². The third-order valence-corrected chi connectivity index (χ3v) is 3.00. The molecule has 0 atom stereocenters. The molecule has 3 nitrogen and oxygen atoms in total. The topological polar surface area (TPSA) is 30.7 Å². The fourth-order valence-electron chi connectivity index (χ4n) is 1.25. The van der Waals surface area contributed by atoms with Crippen molar-refractivity contribution < 1.29 is 9.53 Å². The summed E-state index contributed by atoms with van der Waals surface area (Å²) in [6.07, 6.45) is 1.40. The van der Waals surface area contributed by atoms with Crippen LogP contribution in [0.15, 0.2) is 17.8 Å². The van der Waals surface area contributed by atoms with Gasteiger partial charge in [0.2, 0.25) is 0 Å². The van der Waals surface area contributed by atoms with E-state index < -0.39 is 5.97 Å². The lowest BCUT2D eigenvalue weighted by molar-refractivity contribution is -0.138. The quantitative estimate of drug-likeness (QED) is 0.475. The van der Waals surface area contributed by atoms with E-state index in [9.17, 15) is 4.79 Å². The van der Waals surface area contributed by atoms with Crippen LogP contribution in [0.4, 0.5) is 0 Å². The highest BCUT2D eigenvalue weighted by Gasteiger charge is 2.11. The highest BCUT2D eigenvalue weighted by atomic mass is 35.5. The molecule has 18 heavy (non-hydrogen) atoms. The Balaban J connectivity index is 3.15. The van der Waals surface area contributed by atoms with E-state index in [2.05, 4.69) is 4.85 Å². The number of nitrogens with zero attached hydrogens (tertiary/aromatic N) is 1. The number of carbonyl (C=O) groups excluding carboxylic acids is 1. The minimum absolute atomic E-state index is 0.104. The van der Waals surface area contributed by atoms with Gasteiger partial charge in [0.05, 0.1) is 13.2 Å². The van der Waals surface area contributed by atoms with Crippen molar-refractivity contribution in [2.75, 3.05) is 6.61 Å². The van der Waals surface area contributed by atoms with Crippen molar-refractivity contribution in [1.82, 2.24) is 0 Å². The summed E-state index contributed by atoms with van der Waals surface area (Å²) in [7, 11) is 0. The maximum Gasteiger partial charge on any atom is 0.336 e. The van der Waals surface area contributed by atoms with Crippen LogP contribution in [0.2, 0.25) is 10.0 Å². The molecule has 0 unspecified atom stereocenters. The highest BCUT2D eigenvalue weighted by Crippen LogP contribution is 2.26. The predicted molar refractivity (Wildman–Crippen MR) is 72.4 cm³/mol. The molecule has 0 N–H and O–H groups in total. The number of hydrogen-bond acceptors (Lipinski definition) is 2. The van der Waals surface area contributed by atoms with Gasteiger partial charge in [0.25, 0.3) is 5.70 Å². The number of halogens is 2. The first-order valence-electron chi connectivity index (χ1n) is 5.21. The number of carbonyl (C=O) groups is 1. The molecular formula is C13H11Cl2NO2. The number of rotatable bonds is 3. The Hall–Kier alpha value is -1.50. The Morgan fingerprint density at radius 2 is 2.00 bits per heavy atom. The van der Waals surface area contributed by atoms with Gasteiger partial charge in [-0.05, 0) is 43.2 Å². The van der Waals surface area contributed by atoms with E-state index >= 15 is 0 Å². The Bertz CT molecular complexity index is 521. The first kappa shape index (κ1) is 14.6. The number of benzene rings is 1. The van der Waals surface area contributed by atoms with Crippen LogP contribution in [0.5, 0.6) is 0 Å². The summed E-state index contributed by atoms with van der Waals surface area (Å²) in [5.41, 5.74) is 1.25. The Morgan fingerprint density at radius 1 is 1.44 bits per heavy atom. The lowest BCUT2D eigenvalue weighted by Crippen LogP contribution is -2.04. The lowest BCUT2D eigenvalue weighted by atomic mass is 10.1. The number of esters is 1. The number of ether oxygens (including phenoxy) is 1. The minimum Gasteiger partial charge on any atom is -0.471 e. The molecule has 0 aliphatic heterocycles. The van der Waals surface area contributed by atoms with Gasteiger partial charge in [0, 0.05) is 10.0 Å². The lowest BCUT2D eigenvalue weighted by Gasteiger charge is -2.04. The second-order valence-corrected chi connectivity index (χ2v) is 4.29. The predicted octanol–water partition coefficient (Wildman–Crippen LogP) is 4.13. The molecule has 0 heterocycles. The van der Waals surface area contributed by atoms with Gasteiger partial charge in [-0.25, -0.2) is 4.85 Å². The van der Waals surface area contributed by atoms with E-state index in [0.29, 0.717) is 15.6 Å². The molecular weight excluding hydrogens is 273 g/mol. The minimum atomic E-state index is -0.652. The van der Waals surface area contributed by atoms with E-state index in [-0.39, 0.29) is 12.3 Å². The zero-order valence-electron chi connectivity index (χ0n) is 9.96. The van der Waals surface area contributed by atoms with Gasteiger partial charge < -0.3 is 4.74 Å². The Morgan fingerprint density at radius 3 is 2.44 bits per heavy atom. The van der Waals surface area contributed by atoms with Crippen LogP contribution in [0.3, 0.4) is 0 Å². The van der Waals surface area contributed by atoms with E-state index in [1.807, 2.05) is 0 Å². The average Bonchev–Trinajstić information content (AvgIpc) is 2.33. The van der Waals surface area contributed by atoms with Gasteiger partial charge in [-0.3, -0.25) is 4.79 Å². The molecule has 0 amide bonds. The Labute approximate surface area is 116 Å². The molecule has 1 aromatic rings. The first-order valence-corrected chi connectivity index (χ1v) is 5.97. The largest absolute Gasteiger partial charge is 0.471 e. The standard InChI is InChI=1S/C13H11Cl2NO2/c1-4-18-13(17)12(16-3)7-9-5-10(14)8(2)11(15)6-9/h5-7H,4H2,1-2H3. The van der Waals surface area contributed by atoms with Crippen LogP contribution in [-0.2, 0) is 9.53 Å². The van der Waals surface area contributed by atoms with Crippen LogP contribution < -0.4 is 0 Å². The maximum absolute atomic E-state index is 11.4. The fraction of sp³-hybridized carbons (Fsp3) is 0.231. The summed E-state index contributed by atoms with van der Waals surface area (Å²) in [6.45, 7) is 10.7. The van der Waals surface area contributed by atoms with Crippen LogP contribution in [0.1, 0.15) is 18.1 Å². The van der Waals surface area contributed by atoms with Gasteiger partial charge in [0.1, 0.15) is 0 Å². The van der Waals surface area contributed by atoms with E-state index in [4.69, 9.17) is 34.5 Å². The van der Waals surface area contributed by atoms with E-state index in [1.54, 1.807) is 26.0 Å². The zero-order valence-corrected chi connectivity index (χ0v) is 11.5. The highest BCUT2D eigenvalue weighted by molar-refractivity contribution is 6.36. The van der Waals surface area contributed by atoms with Gasteiger partial charge in [0.15, 0.2) is 0 Å². The van der Waals surface area contributed by atoms with Crippen molar-refractivity contribution in [3.8, 4) is 0 Å². The summed E-state index contributed by atoms with van der Waals surface area (Å²) in [6, 6.07) is 3.29. The zero-order chi connectivity index (χ0) is 13.7. The molecule has 0 aliphatic carbocycles. The van der Waals surface area contributed by atoms with Crippen LogP contribution in [0.25, 0.3) is 10.9 Å². The molecule has 1 rings (SSSR count). The smallest absolute Gasteiger partial charge is 0.336 e. The normalized spacial score (nSPS) is 10.9. The van der Waals surface area contributed by atoms with Crippen LogP contribution >= 0.6 is 23.2 Å². The summed E-state index contributed by atoms with van der Waals surface area (Å²) in [4.78, 5) is 14.6. The van der Waals surface area contributed by atoms with Gasteiger partial charge in [-0.15, -0.1) is 0 Å². The molecule has 0 bridgehead atoms. The maximum atomic E-state index is 11.4.